The lowest BCUT2D eigenvalue weighted by Gasteiger charge is -2.49. The van der Waals surface area contributed by atoms with E-state index in [4.69, 9.17) is 0 Å². The van der Waals surface area contributed by atoms with Gasteiger partial charge in [-0.05, 0) is 48.3 Å². The van der Waals surface area contributed by atoms with Gasteiger partial charge in [-0.25, -0.2) is 0 Å². The van der Waals surface area contributed by atoms with Crippen molar-refractivity contribution in [3.8, 4) is 0 Å². The maximum atomic E-state index is 12.5. The van der Waals surface area contributed by atoms with Crippen molar-refractivity contribution in [1.29, 1.82) is 0 Å². The monoisotopic (exact) mass is 320 g/mol. The van der Waals surface area contributed by atoms with Crippen molar-refractivity contribution in [3.63, 3.8) is 0 Å². The average molecular weight is 320 g/mol. The fourth-order valence-electron chi connectivity index (χ4n) is 4.68. The van der Waals surface area contributed by atoms with Crippen molar-refractivity contribution in [3.05, 3.63) is 66.0 Å². The Labute approximate surface area is 143 Å². The van der Waals surface area contributed by atoms with Gasteiger partial charge < -0.3 is 5.32 Å². The van der Waals surface area contributed by atoms with E-state index >= 15 is 0 Å². The molecule has 24 heavy (non-hydrogen) atoms. The standard InChI is InChI=1S/C21H24N2O/c24-19(12-11-15-6-5-13-22-14-15)23-21-18-10-4-9-17(18)20(21)16-7-2-1-3-8-16/h1-3,5-8,13-14,17-18,20-21H,4,9-12H2,(H,23,24)/t17-,18-,20+,21-/m1/s1. The summed E-state index contributed by atoms with van der Waals surface area (Å²) in [4.78, 5) is 16.6. The topological polar surface area (TPSA) is 42.0 Å². The van der Waals surface area contributed by atoms with Crippen LogP contribution in [0.1, 0.15) is 42.7 Å². The van der Waals surface area contributed by atoms with E-state index in [1.165, 1.54) is 24.8 Å². The molecule has 4 atom stereocenters. The van der Waals surface area contributed by atoms with Crippen LogP contribution in [0.5, 0.6) is 0 Å². The molecule has 3 nitrogen and oxygen atoms in total. The number of pyridine rings is 1. The highest BCUT2D eigenvalue weighted by Gasteiger charge is 2.53. The van der Waals surface area contributed by atoms with E-state index in [0.717, 1.165) is 17.9 Å². The molecule has 3 heteroatoms. The number of aromatic nitrogens is 1. The van der Waals surface area contributed by atoms with Gasteiger partial charge in [0.25, 0.3) is 0 Å². The SMILES string of the molecule is O=C(CCc1cccnc1)N[C@@H]1[C@@H]2CCC[C@H]2[C@@H]1c1ccccc1. The number of nitrogens with zero attached hydrogens (tertiary/aromatic N) is 1. The fourth-order valence-corrected chi connectivity index (χ4v) is 4.68. The molecule has 1 aromatic carbocycles. The first-order chi connectivity index (χ1) is 11.8. The van der Waals surface area contributed by atoms with Gasteiger partial charge >= 0.3 is 0 Å². The van der Waals surface area contributed by atoms with E-state index in [1.807, 2.05) is 18.3 Å². The molecule has 1 aromatic heterocycles. The lowest BCUT2D eigenvalue weighted by atomic mass is 9.60. The number of hydrogen-bond donors (Lipinski definition) is 1. The summed E-state index contributed by atoms with van der Waals surface area (Å²) in [6.07, 6.45) is 8.80. The minimum Gasteiger partial charge on any atom is -0.352 e. The van der Waals surface area contributed by atoms with Crippen LogP contribution in [0.4, 0.5) is 0 Å². The molecule has 1 amide bonds. The minimum absolute atomic E-state index is 0.176. The van der Waals surface area contributed by atoms with Crippen molar-refractivity contribution in [1.82, 2.24) is 10.3 Å². The van der Waals surface area contributed by atoms with Crippen LogP contribution < -0.4 is 5.32 Å². The van der Waals surface area contributed by atoms with Crippen LogP contribution >= 0.6 is 0 Å². The largest absolute Gasteiger partial charge is 0.352 e. The molecule has 2 aromatic rings. The van der Waals surface area contributed by atoms with Crippen molar-refractivity contribution in [2.45, 2.75) is 44.1 Å². The summed E-state index contributed by atoms with van der Waals surface area (Å²) in [5, 5.41) is 3.35. The molecule has 0 bridgehead atoms. The lowest BCUT2D eigenvalue weighted by molar-refractivity contribution is -0.123. The molecule has 0 spiro atoms. The van der Waals surface area contributed by atoms with Crippen LogP contribution in [0, 0.1) is 11.8 Å². The van der Waals surface area contributed by atoms with Gasteiger partial charge in [0.15, 0.2) is 0 Å². The third kappa shape index (κ3) is 2.95. The minimum atomic E-state index is 0.176. The van der Waals surface area contributed by atoms with E-state index in [-0.39, 0.29) is 5.91 Å². The molecular weight excluding hydrogens is 296 g/mol. The number of aryl methyl sites for hydroxylation is 1. The summed E-state index contributed by atoms with van der Waals surface area (Å²) >= 11 is 0. The Morgan fingerprint density at radius 1 is 1.08 bits per heavy atom. The molecule has 0 aliphatic heterocycles. The summed E-state index contributed by atoms with van der Waals surface area (Å²) in [6.45, 7) is 0. The quantitative estimate of drug-likeness (QED) is 0.912. The number of benzene rings is 1. The van der Waals surface area contributed by atoms with Gasteiger partial charge in [-0.15, -0.1) is 0 Å². The first-order valence-electron chi connectivity index (χ1n) is 9.06. The normalized spacial score (nSPS) is 28.0. The second-order valence-electron chi connectivity index (χ2n) is 7.15. The Kier molecular flexibility index (Phi) is 4.33. The number of rotatable bonds is 5. The highest BCUT2D eigenvalue weighted by molar-refractivity contribution is 5.77. The fraction of sp³-hybridized carbons (Fsp3) is 0.429. The molecule has 0 unspecified atom stereocenters. The lowest BCUT2D eigenvalue weighted by Crippen LogP contribution is -2.56. The molecule has 2 aliphatic rings. The predicted octanol–water partition coefficient (Wildman–Crippen LogP) is 3.71. The molecule has 1 N–H and O–H groups in total. The van der Waals surface area contributed by atoms with Gasteiger partial charge in [0.1, 0.15) is 0 Å². The van der Waals surface area contributed by atoms with Crippen LogP contribution in [0.2, 0.25) is 0 Å². The predicted molar refractivity (Wildman–Crippen MR) is 94.5 cm³/mol. The molecule has 2 saturated carbocycles. The number of carbonyl (C=O) groups is 1. The maximum absolute atomic E-state index is 12.5. The molecule has 124 valence electrons. The Hall–Kier alpha value is -2.16. The van der Waals surface area contributed by atoms with Crippen molar-refractivity contribution >= 4 is 5.91 Å². The molecule has 0 radical (unpaired) electrons. The van der Waals surface area contributed by atoms with E-state index in [0.29, 0.717) is 24.3 Å². The van der Waals surface area contributed by atoms with Crippen LogP contribution in [0.25, 0.3) is 0 Å². The van der Waals surface area contributed by atoms with E-state index in [2.05, 4.69) is 40.6 Å². The zero-order valence-electron chi connectivity index (χ0n) is 13.9. The number of amides is 1. The Balaban J connectivity index is 1.40. The van der Waals surface area contributed by atoms with Gasteiger partial charge in [-0.2, -0.15) is 0 Å². The average Bonchev–Trinajstić information content (AvgIpc) is 3.04. The summed E-state index contributed by atoms with van der Waals surface area (Å²) in [5.74, 6) is 2.12. The van der Waals surface area contributed by atoms with E-state index in [9.17, 15) is 4.79 Å². The van der Waals surface area contributed by atoms with Crippen LogP contribution in [0.3, 0.4) is 0 Å². The highest BCUT2D eigenvalue weighted by Crippen LogP contribution is 2.55. The van der Waals surface area contributed by atoms with Gasteiger partial charge in [-0.1, -0.05) is 42.8 Å². The Morgan fingerprint density at radius 3 is 2.71 bits per heavy atom. The van der Waals surface area contributed by atoms with E-state index in [1.54, 1.807) is 6.20 Å². The Morgan fingerprint density at radius 2 is 1.92 bits per heavy atom. The summed E-state index contributed by atoms with van der Waals surface area (Å²) in [7, 11) is 0. The Bertz CT molecular complexity index is 685. The molecular formula is C21H24N2O. The first-order valence-corrected chi connectivity index (χ1v) is 9.06. The maximum Gasteiger partial charge on any atom is 0.220 e. The number of fused-ring (bicyclic) bond motifs is 1. The van der Waals surface area contributed by atoms with Crippen molar-refractivity contribution in [2.75, 3.05) is 0 Å². The molecule has 0 saturated heterocycles. The third-order valence-corrected chi connectivity index (χ3v) is 5.81. The second kappa shape index (κ2) is 6.76. The zero-order chi connectivity index (χ0) is 16.4. The van der Waals surface area contributed by atoms with Crippen LogP contribution in [0.15, 0.2) is 54.9 Å². The zero-order valence-corrected chi connectivity index (χ0v) is 13.9. The number of nitrogens with one attached hydrogen (secondary N) is 1. The van der Waals surface area contributed by atoms with Crippen molar-refractivity contribution < 1.29 is 4.79 Å². The van der Waals surface area contributed by atoms with Gasteiger partial charge in [-0.3, -0.25) is 9.78 Å². The number of hydrogen-bond acceptors (Lipinski definition) is 2. The summed E-state index contributed by atoms with van der Waals surface area (Å²) in [5.41, 5.74) is 2.51. The first kappa shape index (κ1) is 15.4. The highest BCUT2D eigenvalue weighted by atomic mass is 16.1. The smallest absolute Gasteiger partial charge is 0.220 e. The molecule has 2 aliphatic carbocycles. The summed E-state index contributed by atoms with van der Waals surface area (Å²) < 4.78 is 0. The van der Waals surface area contributed by atoms with Crippen LogP contribution in [-0.2, 0) is 11.2 Å². The third-order valence-electron chi connectivity index (χ3n) is 5.81. The van der Waals surface area contributed by atoms with Crippen LogP contribution in [-0.4, -0.2) is 16.9 Å². The van der Waals surface area contributed by atoms with Gasteiger partial charge in [0, 0.05) is 30.8 Å². The summed E-state index contributed by atoms with van der Waals surface area (Å²) in [6, 6.07) is 15.0. The van der Waals surface area contributed by atoms with Gasteiger partial charge in [0.05, 0.1) is 0 Å². The van der Waals surface area contributed by atoms with E-state index < -0.39 is 0 Å². The second-order valence-corrected chi connectivity index (χ2v) is 7.15. The molecule has 1 heterocycles. The molecule has 4 rings (SSSR count). The van der Waals surface area contributed by atoms with Crippen molar-refractivity contribution in [2.24, 2.45) is 11.8 Å². The molecule has 2 fully saturated rings. The van der Waals surface area contributed by atoms with Gasteiger partial charge in [0.2, 0.25) is 5.91 Å². The number of carbonyl (C=O) groups excluding carboxylic acids is 1.